The molecule has 0 fully saturated rings. The monoisotopic (exact) mass is 384 g/mol. The van der Waals surface area contributed by atoms with Crippen LogP contribution in [0.5, 0.6) is 0 Å². The Morgan fingerprint density at radius 1 is 1.28 bits per heavy atom. The molecule has 0 aliphatic carbocycles. The van der Waals surface area contributed by atoms with E-state index in [2.05, 4.69) is 20.3 Å². The van der Waals surface area contributed by atoms with E-state index in [1.165, 1.54) is 23.3 Å². The Morgan fingerprint density at radius 2 is 2.04 bits per heavy atom. The number of hydrogen-bond acceptors (Lipinski definition) is 4. The number of anilines is 2. The Kier molecular flexibility index (Phi) is 6.66. The van der Waals surface area contributed by atoms with E-state index in [4.69, 9.17) is 23.2 Å². The molecule has 25 heavy (non-hydrogen) atoms. The van der Waals surface area contributed by atoms with Crippen LogP contribution in [0.15, 0.2) is 35.1 Å². The van der Waals surface area contributed by atoms with Gasteiger partial charge in [-0.15, -0.1) is 0 Å². The predicted octanol–water partition coefficient (Wildman–Crippen LogP) is 4.25. The van der Waals surface area contributed by atoms with Gasteiger partial charge in [-0.2, -0.15) is 0 Å². The number of nitrogens with zero attached hydrogens (tertiary/aromatic N) is 2. The maximum Gasteiger partial charge on any atom is 0.322 e. The second-order valence-corrected chi connectivity index (χ2v) is 6.22. The zero-order valence-electron chi connectivity index (χ0n) is 13.8. The second-order valence-electron chi connectivity index (χ2n) is 5.37. The highest BCUT2D eigenvalue weighted by molar-refractivity contribution is 6.36. The van der Waals surface area contributed by atoms with E-state index >= 15 is 0 Å². The third kappa shape index (κ3) is 5.37. The molecule has 1 unspecified atom stereocenters. The highest BCUT2D eigenvalue weighted by Crippen LogP contribution is 2.25. The van der Waals surface area contributed by atoms with Crippen molar-refractivity contribution < 1.29 is 14.1 Å². The molecule has 0 bridgehead atoms. The average molecular weight is 385 g/mol. The van der Waals surface area contributed by atoms with Crippen molar-refractivity contribution in [3.05, 3.63) is 40.6 Å². The van der Waals surface area contributed by atoms with E-state index in [1.807, 2.05) is 13.8 Å². The van der Waals surface area contributed by atoms with Crippen molar-refractivity contribution in [2.45, 2.75) is 26.3 Å². The number of nitrogens with one attached hydrogen (secondary N) is 2. The summed E-state index contributed by atoms with van der Waals surface area (Å²) in [6, 6.07) is 5.67. The maximum absolute atomic E-state index is 12.6. The number of benzene rings is 1. The normalized spacial score (nSPS) is 11.7. The highest BCUT2D eigenvalue weighted by Gasteiger charge is 2.23. The van der Waals surface area contributed by atoms with E-state index in [1.54, 1.807) is 12.1 Å². The van der Waals surface area contributed by atoms with Gasteiger partial charge in [0.1, 0.15) is 12.8 Å². The first-order valence-electron chi connectivity index (χ1n) is 7.63. The summed E-state index contributed by atoms with van der Waals surface area (Å²) in [7, 11) is 0. The second kappa shape index (κ2) is 8.73. The fourth-order valence-corrected chi connectivity index (χ4v) is 2.50. The fraction of sp³-hybridized carbons (Fsp3) is 0.312. The lowest BCUT2D eigenvalue weighted by Gasteiger charge is -2.28. The SMILES string of the molecule is CCC(C)N(CC(=O)Nc1ccon1)C(=O)Nc1ccc(Cl)cc1Cl. The summed E-state index contributed by atoms with van der Waals surface area (Å²) in [5, 5.41) is 9.65. The molecule has 0 aliphatic heterocycles. The number of rotatable bonds is 6. The lowest BCUT2D eigenvalue weighted by Crippen LogP contribution is -2.45. The number of carbonyl (C=O) groups excluding carboxylic acids is 2. The van der Waals surface area contributed by atoms with Gasteiger partial charge in [0, 0.05) is 17.1 Å². The van der Waals surface area contributed by atoms with Crippen LogP contribution in [0.4, 0.5) is 16.3 Å². The Bertz CT molecular complexity index is 737. The first kappa shape index (κ1) is 19.1. The van der Waals surface area contributed by atoms with Gasteiger partial charge in [-0.05, 0) is 31.5 Å². The summed E-state index contributed by atoms with van der Waals surface area (Å²) in [6.07, 6.45) is 2.02. The molecule has 2 aromatic rings. The fourth-order valence-electron chi connectivity index (χ4n) is 2.04. The smallest absolute Gasteiger partial charge is 0.322 e. The third-order valence-electron chi connectivity index (χ3n) is 3.58. The minimum absolute atomic E-state index is 0.140. The van der Waals surface area contributed by atoms with E-state index in [0.717, 1.165) is 0 Å². The first-order valence-corrected chi connectivity index (χ1v) is 8.39. The van der Waals surface area contributed by atoms with Gasteiger partial charge < -0.3 is 20.1 Å². The third-order valence-corrected chi connectivity index (χ3v) is 4.12. The molecule has 3 amide bonds. The molecule has 7 nitrogen and oxygen atoms in total. The van der Waals surface area contributed by atoms with Crippen LogP contribution < -0.4 is 10.6 Å². The molecule has 1 aromatic heterocycles. The van der Waals surface area contributed by atoms with Gasteiger partial charge >= 0.3 is 6.03 Å². The molecule has 2 N–H and O–H groups in total. The quantitative estimate of drug-likeness (QED) is 0.778. The van der Waals surface area contributed by atoms with E-state index in [9.17, 15) is 9.59 Å². The number of hydrogen-bond donors (Lipinski definition) is 2. The van der Waals surface area contributed by atoms with Gasteiger partial charge in [0.15, 0.2) is 5.82 Å². The number of amides is 3. The minimum Gasteiger partial charge on any atom is -0.363 e. The van der Waals surface area contributed by atoms with Crippen molar-refractivity contribution in [1.29, 1.82) is 0 Å². The molecule has 2 rings (SSSR count). The molecule has 0 spiro atoms. The Labute approximate surface area is 155 Å². The average Bonchev–Trinajstić information content (AvgIpc) is 3.07. The molecule has 0 radical (unpaired) electrons. The van der Waals surface area contributed by atoms with Crippen LogP contribution >= 0.6 is 23.2 Å². The largest absolute Gasteiger partial charge is 0.363 e. The highest BCUT2D eigenvalue weighted by atomic mass is 35.5. The van der Waals surface area contributed by atoms with Crippen molar-refractivity contribution in [2.75, 3.05) is 17.2 Å². The van der Waals surface area contributed by atoms with Gasteiger partial charge in [0.25, 0.3) is 0 Å². The van der Waals surface area contributed by atoms with Crippen LogP contribution in [0.2, 0.25) is 10.0 Å². The summed E-state index contributed by atoms with van der Waals surface area (Å²) in [6.45, 7) is 3.64. The van der Waals surface area contributed by atoms with Crippen molar-refractivity contribution in [2.24, 2.45) is 0 Å². The molecular formula is C16H18Cl2N4O3. The lowest BCUT2D eigenvalue weighted by atomic mass is 10.2. The minimum atomic E-state index is -0.436. The van der Waals surface area contributed by atoms with Crippen molar-refractivity contribution in [1.82, 2.24) is 10.1 Å². The van der Waals surface area contributed by atoms with Crippen LogP contribution in [0, 0.1) is 0 Å². The number of carbonyl (C=O) groups is 2. The summed E-state index contributed by atoms with van der Waals surface area (Å²) in [4.78, 5) is 26.2. The van der Waals surface area contributed by atoms with Gasteiger partial charge in [-0.25, -0.2) is 4.79 Å². The van der Waals surface area contributed by atoms with Crippen LogP contribution in [0.3, 0.4) is 0 Å². The standard InChI is InChI=1S/C16H18Cl2N4O3/c1-3-10(2)22(9-15(23)20-14-6-7-25-21-14)16(24)19-13-5-4-11(17)8-12(13)18/h4-8,10H,3,9H2,1-2H3,(H,19,24)(H,20,21,23). The molecule has 1 atom stereocenters. The summed E-state index contributed by atoms with van der Waals surface area (Å²) in [5.41, 5.74) is 0.418. The Hall–Kier alpha value is -2.25. The molecule has 0 aliphatic rings. The summed E-state index contributed by atoms with van der Waals surface area (Å²) < 4.78 is 4.66. The van der Waals surface area contributed by atoms with Crippen LogP contribution in [0.25, 0.3) is 0 Å². The van der Waals surface area contributed by atoms with Gasteiger partial charge in [-0.1, -0.05) is 35.3 Å². The van der Waals surface area contributed by atoms with Gasteiger partial charge in [0.2, 0.25) is 5.91 Å². The first-order chi connectivity index (χ1) is 11.9. The number of aromatic nitrogens is 1. The van der Waals surface area contributed by atoms with Gasteiger partial charge in [-0.3, -0.25) is 4.79 Å². The molecule has 9 heteroatoms. The number of urea groups is 1. The van der Waals surface area contributed by atoms with Gasteiger partial charge in [0.05, 0.1) is 10.7 Å². The summed E-state index contributed by atoms with van der Waals surface area (Å²) in [5.74, 6) is -0.0955. The van der Waals surface area contributed by atoms with E-state index < -0.39 is 6.03 Å². The van der Waals surface area contributed by atoms with E-state index in [0.29, 0.717) is 22.2 Å². The van der Waals surface area contributed by atoms with Crippen molar-refractivity contribution >= 4 is 46.6 Å². The zero-order chi connectivity index (χ0) is 18.4. The van der Waals surface area contributed by atoms with Crippen LogP contribution in [0.1, 0.15) is 20.3 Å². The lowest BCUT2D eigenvalue weighted by molar-refractivity contribution is -0.117. The van der Waals surface area contributed by atoms with Crippen molar-refractivity contribution in [3.8, 4) is 0 Å². The predicted molar refractivity (Wildman–Crippen MR) is 97.1 cm³/mol. The van der Waals surface area contributed by atoms with Crippen LogP contribution in [-0.4, -0.2) is 34.6 Å². The Morgan fingerprint density at radius 3 is 2.64 bits per heavy atom. The topological polar surface area (TPSA) is 87.5 Å². The number of halogens is 2. The maximum atomic E-state index is 12.6. The summed E-state index contributed by atoms with van der Waals surface area (Å²) >= 11 is 11.9. The molecule has 1 heterocycles. The molecular weight excluding hydrogens is 367 g/mol. The molecule has 0 saturated heterocycles. The molecule has 0 saturated carbocycles. The van der Waals surface area contributed by atoms with Crippen molar-refractivity contribution in [3.63, 3.8) is 0 Å². The molecule has 1 aromatic carbocycles. The van der Waals surface area contributed by atoms with E-state index in [-0.39, 0.29) is 24.3 Å². The van der Waals surface area contributed by atoms with Crippen LogP contribution in [-0.2, 0) is 4.79 Å². The zero-order valence-corrected chi connectivity index (χ0v) is 15.3. The Balaban J connectivity index is 2.07. The molecule has 134 valence electrons.